The van der Waals surface area contributed by atoms with E-state index in [1.165, 1.54) is 0 Å². The molecule has 2 fully saturated rings. The van der Waals surface area contributed by atoms with E-state index in [-0.39, 0.29) is 24.9 Å². The predicted molar refractivity (Wildman–Crippen MR) is 91.4 cm³/mol. The summed E-state index contributed by atoms with van der Waals surface area (Å²) in [4.78, 5) is 14.2. The van der Waals surface area contributed by atoms with E-state index >= 15 is 0 Å². The molecule has 0 aliphatic carbocycles. The Labute approximate surface area is 143 Å². The van der Waals surface area contributed by atoms with E-state index in [0.29, 0.717) is 24.2 Å². The lowest BCUT2D eigenvalue weighted by Crippen LogP contribution is -2.35. The second kappa shape index (κ2) is 8.41. The first-order valence-electron chi connectivity index (χ1n) is 8.10. The molecule has 6 heteroatoms. The number of fused-ring (bicyclic) bond motifs is 1. The number of carbonyl (C=O) groups is 1. The summed E-state index contributed by atoms with van der Waals surface area (Å²) < 4.78 is 11.1. The third-order valence-electron chi connectivity index (χ3n) is 4.40. The molecule has 3 rings (SSSR count). The lowest BCUT2D eigenvalue weighted by Gasteiger charge is -2.17. The van der Waals surface area contributed by atoms with Gasteiger partial charge in [0.25, 0.3) is 5.91 Å². The molecule has 128 valence electrons. The predicted octanol–water partition coefficient (Wildman–Crippen LogP) is 1.95. The van der Waals surface area contributed by atoms with Crippen molar-refractivity contribution in [1.29, 1.82) is 0 Å². The van der Waals surface area contributed by atoms with Crippen LogP contribution < -0.4 is 14.8 Å². The van der Waals surface area contributed by atoms with Crippen molar-refractivity contribution >= 4 is 18.3 Å². The largest absolute Gasteiger partial charge is 0.494 e. The van der Waals surface area contributed by atoms with Crippen LogP contribution >= 0.6 is 12.4 Å². The molecule has 2 saturated heterocycles. The molecular weight excluding hydrogens is 316 g/mol. The number of benzene rings is 1. The Bertz CT molecular complexity index is 497. The summed E-state index contributed by atoms with van der Waals surface area (Å²) in [5, 5.41) is 3.38. The molecule has 0 radical (unpaired) electrons. The zero-order valence-corrected chi connectivity index (χ0v) is 14.3. The lowest BCUT2D eigenvalue weighted by molar-refractivity contribution is -0.132. The summed E-state index contributed by atoms with van der Waals surface area (Å²) in [5.74, 6) is 2.87. The van der Waals surface area contributed by atoms with Gasteiger partial charge in [0.1, 0.15) is 11.5 Å². The van der Waals surface area contributed by atoms with Gasteiger partial charge in [0, 0.05) is 26.2 Å². The number of hydrogen-bond acceptors (Lipinski definition) is 4. The maximum absolute atomic E-state index is 12.2. The number of ether oxygens (including phenoxy) is 2. The Morgan fingerprint density at radius 1 is 1.13 bits per heavy atom. The van der Waals surface area contributed by atoms with Crippen molar-refractivity contribution in [3.05, 3.63) is 24.3 Å². The van der Waals surface area contributed by atoms with Gasteiger partial charge in [-0.1, -0.05) is 6.92 Å². The first kappa shape index (κ1) is 17.9. The van der Waals surface area contributed by atoms with Gasteiger partial charge in [-0.05, 0) is 42.5 Å². The molecule has 0 saturated carbocycles. The van der Waals surface area contributed by atoms with Crippen molar-refractivity contribution in [2.75, 3.05) is 39.4 Å². The number of hydrogen-bond donors (Lipinski definition) is 1. The van der Waals surface area contributed by atoms with Crippen LogP contribution in [0.15, 0.2) is 24.3 Å². The quantitative estimate of drug-likeness (QED) is 0.860. The fourth-order valence-corrected chi connectivity index (χ4v) is 3.15. The first-order valence-corrected chi connectivity index (χ1v) is 8.10. The van der Waals surface area contributed by atoms with Crippen LogP contribution in [-0.4, -0.2) is 50.2 Å². The van der Waals surface area contributed by atoms with Crippen molar-refractivity contribution in [3.8, 4) is 11.5 Å². The van der Waals surface area contributed by atoms with Crippen molar-refractivity contribution in [1.82, 2.24) is 10.2 Å². The molecule has 2 aliphatic rings. The molecule has 2 atom stereocenters. The zero-order chi connectivity index (χ0) is 15.4. The standard InChI is InChI=1S/C17H24N2O3.ClH/c1-2-7-21-15-3-5-16(6-4-15)22-12-17(20)19-10-13-8-18-9-14(13)11-19;/h3-6,13-14,18H,2,7-12H2,1H3;1H/t13-,14+;. The minimum absolute atomic E-state index is 0. The third kappa shape index (κ3) is 4.52. The second-order valence-corrected chi connectivity index (χ2v) is 6.09. The fraction of sp³-hybridized carbons (Fsp3) is 0.588. The highest BCUT2D eigenvalue weighted by Crippen LogP contribution is 2.26. The summed E-state index contributed by atoms with van der Waals surface area (Å²) in [7, 11) is 0. The SMILES string of the molecule is CCCOc1ccc(OCC(=O)N2C[C@H]3CNC[C@H]3C2)cc1.Cl. The van der Waals surface area contributed by atoms with E-state index in [1.807, 2.05) is 29.2 Å². The van der Waals surface area contributed by atoms with Crippen LogP contribution in [-0.2, 0) is 4.79 Å². The van der Waals surface area contributed by atoms with Crippen LogP contribution in [0.2, 0.25) is 0 Å². The second-order valence-electron chi connectivity index (χ2n) is 6.09. The number of nitrogens with one attached hydrogen (secondary N) is 1. The molecule has 2 heterocycles. The van der Waals surface area contributed by atoms with Crippen LogP contribution in [0.25, 0.3) is 0 Å². The summed E-state index contributed by atoms with van der Waals surface area (Å²) in [5.41, 5.74) is 0. The number of nitrogens with zero attached hydrogens (tertiary/aromatic N) is 1. The number of likely N-dealkylation sites (tertiary alicyclic amines) is 1. The maximum Gasteiger partial charge on any atom is 0.260 e. The van der Waals surface area contributed by atoms with Gasteiger partial charge in [-0.15, -0.1) is 12.4 Å². The van der Waals surface area contributed by atoms with Crippen LogP contribution in [0.4, 0.5) is 0 Å². The number of halogens is 1. The summed E-state index contributed by atoms with van der Waals surface area (Å²) >= 11 is 0. The van der Waals surface area contributed by atoms with E-state index < -0.39 is 0 Å². The van der Waals surface area contributed by atoms with Crippen molar-refractivity contribution in [3.63, 3.8) is 0 Å². The Balaban J connectivity index is 0.00000192. The lowest BCUT2D eigenvalue weighted by atomic mass is 10.0. The summed E-state index contributed by atoms with van der Waals surface area (Å²) in [6, 6.07) is 7.45. The molecule has 0 bridgehead atoms. The van der Waals surface area contributed by atoms with Crippen molar-refractivity contribution in [2.24, 2.45) is 11.8 Å². The van der Waals surface area contributed by atoms with Gasteiger partial charge in [-0.25, -0.2) is 0 Å². The molecule has 23 heavy (non-hydrogen) atoms. The van der Waals surface area contributed by atoms with Gasteiger partial charge in [0.2, 0.25) is 0 Å². The van der Waals surface area contributed by atoms with Gasteiger partial charge in [-0.2, -0.15) is 0 Å². The highest BCUT2D eigenvalue weighted by atomic mass is 35.5. The molecule has 1 amide bonds. The normalized spacial score (nSPS) is 22.4. The van der Waals surface area contributed by atoms with Crippen molar-refractivity contribution < 1.29 is 14.3 Å². The highest BCUT2D eigenvalue weighted by Gasteiger charge is 2.37. The van der Waals surface area contributed by atoms with E-state index in [1.54, 1.807) is 0 Å². The topological polar surface area (TPSA) is 50.8 Å². The molecule has 1 N–H and O–H groups in total. The minimum atomic E-state index is 0. The van der Waals surface area contributed by atoms with Crippen molar-refractivity contribution in [2.45, 2.75) is 13.3 Å². The van der Waals surface area contributed by atoms with E-state index in [4.69, 9.17) is 9.47 Å². The summed E-state index contributed by atoms with van der Waals surface area (Å²) in [6.45, 7) is 6.70. The average Bonchev–Trinajstić information content (AvgIpc) is 3.13. The van der Waals surface area contributed by atoms with Gasteiger partial charge >= 0.3 is 0 Å². The Morgan fingerprint density at radius 2 is 1.70 bits per heavy atom. The minimum Gasteiger partial charge on any atom is -0.494 e. The Morgan fingerprint density at radius 3 is 2.26 bits per heavy atom. The molecule has 1 aromatic carbocycles. The monoisotopic (exact) mass is 340 g/mol. The Hall–Kier alpha value is -1.46. The van der Waals surface area contributed by atoms with Crippen LogP contribution in [0.3, 0.4) is 0 Å². The number of rotatable bonds is 6. The van der Waals surface area contributed by atoms with Crippen LogP contribution in [0.5, 0.6) is 11.5 Å². The zero-order valence-electron chi connectivity index (χ0n) is 13.5. The number of carbonyl (C=O) groups excluding carboxylic acids is 1. The van der Waals surface area contributed by atoms with Gasteiger partial charge in [0.05, 0.1) is 6.61 Å². The van der Waals surface area contributed by atoms with Gasteiger partial charge < -0.3 is 19.7 Å². The smallest absolute Gasteiger partial charge is 0.260 e. The summed E-state index contributed by atoms with van der Waals surface area (Å²) in [6.07, 6.45) is 0.986. The fourth-order valence-electron chi connectivity index (χ4n) is 3.15. The molecule has 0 unspecified atom stereocenters. The van der Waals surface area contributed by atoms with E-state index in [0.717, 1.165) is 38.3 Å². The van der Waals surface area contributed by atoms with Crippen LogP contribution in [0.1, 0.15) is 13.3 Å². The third-order valence-corrected chi connectivity index (χ3v) is 4.40. The molecule has 2 aliphatic heterocycles. The molecule has 0 aromatic heterocycles. The van der Waals surface area contributed by atoms with Gasteiger partial charge in [0.15, 0.2) is 6.61 Å². The molecule has 1 aromatic rings. The van der Waals surface area contributed by atoms with E-state index in [9.17, 15) is 4.79 Å². The number of amides is 1. The molecule has 0 spiro atoms. The first-order chi connectivity index (χ1) is 10.8. The van der Waals surface area contributed by atoms with E-state index in [2.05, 4.69) is 12.2 Å². The Kier molecular flexibility index (Phi) is 6.54. The maximum atomic E-state index is 12.2. The molecular formula is C17H25ClN2O3. The van der Waals surface area contributed by atoms with Crippen LogP contribution in [0, 0.1) is 11.8 Å². The average molecular weight is 341 g/mol. The highest BCUT2D eigenvalue weighted by molar-refractivity contribution is 5.85. The molecule has 5 nitrogen and oxygen atoms in total. The van der Waals surface area contributed by atoms with Gasteiger partial charge in [-0.3, -0.25) is 4.79 Å².